The zero-order valence-electron chi connectivity index (χ0n) is 13.5. The molecule has 4 nitrogen and oxygen atoms in total. The molecule has 1 amide bonds. The fourth-order valence-corrected chi connectivity index (χ4v) is 3.32. The number of benzene rings is 1. The summed E-state index contributed by atoms with van der Waals surface area (Å²) in [5.74, 6) is 0.362. The Morgan fingerprint density at radius 1 is 1.26 bits per heavy atom. The molecule has 1 aliphatic heterocycles. The molecule has 5 heteroatoms. The van der Waals surface area contributed by atoms with Crippen molar-refractivity contribution in [1.29, 1.82) is 0 Å². The highest BCUT2D eigenvalue weighted by Crippen LogP contribution is 2.21. The normalized spacial score (nSPS) is 21.4. The molecule has 1 aliphatic rings. The van der Waals surface area contributed by atoms with E-state index in [9.17, 15) is 9.59 Å². The van der Waals surface area contributed by atoms with Crippen LogP contribution in [0.15, 0.2) is 34.8 Å². The highest BCUT2D eigenvalue weighted by Gasteiger charge is 2.25. The maximum absolute atomic E-state index is 12.1. The summed E-state index contributed by atoms with van der Waals surface area (Å²) in [5, 5.41) is 0. The van der Waals surface area contributed by atoms with Gasteiger partial charge in [-0.25, -0.2) is 4.79 Å². The van der Waals surface area contributed by atoms with Gasteiger partial charge in [0.15, 0.2) is 6.61 Å². The van der Waals surface area contributed by atoms with Gasteiger partial charge >= 0.3 is 5.97 Å². The Labute approximate surface area is 145 Å². The van der Waals surface area contributed by atoms with Crippen LogP contribution in [0.5, 0.6) is 0 Å². The number of hydrogen-bond acceptors (Lipinski definition) is 3. The molecule has 2 atom stereocenters. The molecule has 1 heterocycles. The first kappa shape index (κ1) is 17.7. The second-order valence-corrected chi connectivity index (χ2v) is 7.06. The molecule has 23 heavy (non-hydrogen) atoms. The van der Waals surface area contributed by atoms with E-state index in [-0.39, 0.29) is 12.5 Å². The lowest BCUT2D eigenvalue weighted by Crippen LogP contribution is -2.44. The number of likely N-dealkylation sites (tertiary alicyclic amines) is 1. The summed E-state index contributed by atoms with van der Waals surface area (Å²) in [6.45, 7) is 5.57. The average Bonchev–Trinajstić information content (AvgIpc) is 2.51. The van der Waals surface area contributed by atoms with Crippen LogP contribution in [0.2, 0.25) is 0 Å². The third kappa shape index (κ3) is 5.50. The molecular formula is C18H22BrNO3. The van der Waals surface area contributed by atoms with E-state index < -0.39 is 5.97 Å². The lowest BCUT2D eigenvalue weighted by atomic mass is 9.92. The SMILES string of the molecule is C[C@H]1C[C@H](C)CN(C(=O)COC(=O)/C=C/c2ccccc2Br)C1. The molecular weight excluding hydrogens is 358 g/mol. The zero-order valence-corrected chi connectivity index (χ0v) is 15.1. The van der Waals surface area contributed by atoms with Gasteiger partial charge in [-0.05, 0) is 36.0 Å². The minimum Gasteiger partial charge on any atom is -0.452 e. The summed E-state index contributed by atoms with van der Waals surface area (Å²) >= 11 is 3.41. The average molecular weight is 380 g/mol. The van der Waals surface area contributed by atoms with Gasteiger partial charge in [-0.1, -0.05) is 48.0 Å². The van der Waals surface area contributed by atoms with Crippen LogP contribution < -0.4 is 0 Å². The molecule has 0 N–H and O–H groups in total. The predicted molar refractivity (Wildman–Crippen MR) is 93.7 cm³/mol. The highest BCUT2D eigenvalue weighted by molar-refractivity contribution is 9.10. The fraction of sp³-hybridized carbons (Fsp3) is 0.444. The molecule has 1 fully saturated rings. The summed E-state index contributed by atoms with van der Waals surface area (Å²) in [7, 11) is 0. The third-order valence-electron chi connectivity index (χ3n) is 3.86. The number of rotatable bonds is 4. The van der Waals surface area contributed by atoms with Crippen molar-refractivity contribution in [2.75, 3.05) is 19.7 Å². The summed E-state index contributed by atoms with van der Waals surface area (Å²) in [6.07, 6.45) is 4.15. The minimum atomic E-state index is -0.507. The molecule has 0 aromatic heterocycles. The molecule has 0 radical (unpaired) electrons. The second-order valence-electron chi connectivity index (χ2n) is 6.21. The van der Waals surface area contributed by atoms with Crippen molar-refractivity contribution < 1.29 is 14.3 Å². The number of halogens is 1. The molecule has 1 saturated heterocycles. The van der Waals surface area contributed by atoms with Gasteiger partial charge in [-0.2, -0.15) is 0 Å². The predicted octanol–water partition coefficient (Wildman–Crippen LogP) is 3.51. The van der Waals surface area contributed by atoms with Crippen LogP contribution in [0.4, 0.5) is 0 Å². The van der Waals surface area contributed by atoms with Crippen molar-refractivity contribution in [3.8, 4) is 0 Å². The van der Waals surface area contributed by atoms with E-state index >= 15 is 0 Å². The Bertz CT molecular complexity index is 590. The quantitative estimate of drug-likeness (QED) is 0.593. The largest absolute Gasteiger partial charge is 0.452 e. The topological polar surface area (TPSA) is 46.6 Å². The number of nitrogens with zero attached hydrogens (tertiary/aromatic N) is 1. The molecule has 0 bridgehead atoms. The molecule has 124 valence electrons. The van der Waals surface area contributed by atoms with Crippen LogP contribution in [0.25, 0.3) is 6.08 Å². The maximum Gasteiger partial charge on any atom is 0.331 e. The highest BCUT2D eigenvalue weighted by atomic mass is 79.9. The van der Waals surface area contributed by atoms with Crippen molar-refractivity contribution in [3.63, 3.8) is 0 Å². The van der Waals surface area contributed by atoms with E-state index in [1.807, 2.05) is 24.3 Å². The van der Waals surface area contributed by atoms with Gasteiger partial charge in [0.2, 0.25) is 0 Å². The molecule has 0 saturated carbocycles. The summed E-state index contributed by atoms with van der Waals surface area (Å²) in [4.78, 5) is 25.7. The van der Waals surface area contributed by atoms with Crippen molar-refractivity contribution in [2.45, 2.75) is 20.3 Å². The lowest BCUT2D eigenvalue weighted by Gasteiger charge is -2.34. The van der Waals surface area contributed by atoms with Crippen molar-refractivity contribution >= 4 is 33.9 Å². The molecule has 0 aliphatic carbocycles. The van der Waals surface area contributed by atoms with E-state index in [0.29, 0.717) is 11.8 Å². The summed E-state index contributed by atoms with van der Waals surface area (Å²) < 4.78 is 5.96. The first-order valence-electron chi connectivity index (χ1n) is 7.83. The molecule has 0 unspecified atom stereocenters. The third-order valence-corrected chi connectivity index (χ3v) is 4.59. The van der Waals surface area contributed by atoms with Gasteiger partial charge < -0.3 is 9.64 Å². The minimum absolute atomic E-state index is 0.119. The Balaban J connectivity index is 1.82. The number of esters is 1. The first-order chi connectivity index (χ1) is 11.0. The second kappa shape index (κ2) is 8.29. The van der Waals surface area contributed by atoms with Crippen molar-refractivity contribution in [1.82, 2.24) is 4.90 Å². The van der Waals surface area contributed by atoms with Crippen LogP contribution in [-0.4, -0.2) is 36.5 Å². The monoisotopic (exact) mass is 379 g/mol. The number of amides is 1. The smallest absolute Gasteiger partial charge is 0.331 e. The molecule has 1 aromatic rings. The van der Waals surface area contributed by atoms with E-state index in [2.05, 4.69) is 29.8 Å². The van der Waals surface area contributed by atoms with Gasteiger partial charge in [-0.15, -0.1) is 0 Å². The van der Waals surface area contributed by atoms with E-state index in [1.54, 1.807) is 11.0 Å². The fourth-order valence-electron chi connectivity index (χ4n) is 2.91. The van der Waals surface area contributed by atoms with Gasteiger partial charge in [0.05, 0.1) is 0 Å². The maximum atomic E-state index is 12.1. The van der Waals surface area contributed by atoms with Crippen LogP contribution >= 0.6 is 15.9 Å². The number of ether oxygens (including phenoxy) is 1. The van der Waals surface area contributed by atoms with Gasteiger partial charge in [0.1, 0.15) is 0 Å². The Hall–Kier alpha value is -1.62. The number of hydrogen-bond donors (Lipinski definition) is 0. The number of carbonyl (C=O) groups excluding carboxylic acids is 2. The van der Waals surface area contributed by atoms with Crippen LogP contribution in [0.3, 0.4) is 0 Å². The van der Waals surface area contributed by atoms with Crippen LogP contribution in [0, 0.1) is 11.8 Å². The van der Waals surface area contributed by atoms with E-state index in [0.717, 1.165) is 29.5 Å². The van der Waals surface area contributed by atoms with Crippen molar-refractivity contribution in [3.05, 3.63) is 40.4 Å². The van der Waals surface area contributed by atoms with E-state index in [1.165, 1.54) is 6.08 Å². The molecule has 0 spiro atoms. The zero-order chi connectivity index (χ0) is 16.8. The van der Waals surface area contributed by atoms with Gasteiger partial charge in [0.25, 0.3) is 5.91 Å². The first-order valence-corrected chi connectivity index (χ1v) is 8.62. The Kier molecular flexibility index (Phi) is 6.39. The van der Waals surface area contributed by atoms with Gasteiger partial charge in [0, 0.05) is 23.6 Å². The standard InChI is InChI=1S/C18H22BrNO3/c1-13-9-14(2)11-20(10-13)17(21)12-23-18(22)8-7-15-5-3-4-6-16(15)19/h3-8,13-14H,9-12H2,1-2H3/b8-7+/t13-,14-/m0/s1. The summed E-state index contributed by atoms with van der Waals surface area (Å²) in [5.41, 5.74) is 0.884. The number of carbonyl (C=O) groups is 2. The molecule has 2 rings (SSSR count). The molecule has 1 aromatic carbocycles. The van der Waals surface area contributed by atoms with Crippen LogP contribution in [0.1, 0.15) is 25.8 Å². The Morgan fingerprint density at radius 3 is 2.57 bits per heavy atom. The van der Waals surface area contributed by atoms with Gasteiger partial charge in [-0.3, -0.25) is 4.79 Å². The Morgan fingerprint density at radius 2 is 1.91 bits per heavy atom. The van der Waals surface area contributed by atoms with Crippen LogP contribution in [-0.2, 0) is 14.3 Å². The van der Waals surface area contributed by atoms with E-state index in [4.69, 9.17) is 4.74 Å². The summed E-state index contributed by atoms with van der Waals surface area (Å²) in [6, 6.07) is 7.57. The number of piperidine rings is 1. The lowest BCUT2D eigenvalue weighted by molar-refractivity contribution is -0.149. The van der Waals surface area contributed by atoms with Crippen molar-refractivity contribution in [2.24, 2.45) is 11.8 Å².